The highest BCUT2D eigenvalue weighted by Gasteiger charge is 2.11. The van der Waals surface area contributed by atoms with Gasteiger partial charge >= 0.3 is 0 Å². The molecule has 0 fully saturated rings. The summed E-state index contributed by atoms with van der Waals surface area (Å²) < 4.78 is 2.25. The van der Waals surface area contributed by atoms with Crippen molar-refractivity contribution >= 4 is 0 Å². The summed E-state index contributed by atoms with van der Waals surface area (Å²) in [6.45, 7) is 4.25. The van der Waals surface area contributed by atoms with Gasteiger partial charge in [-0.15, -0.1) is 0 Å². The molecule has 1 nitrogen and oxygen atoms in total. The van der Waals surface area contributed by atoms with Crippen molar-refractivity contribution in [1.82, 2.24) is 0 Å². The molecule has 0 aliphatic heterocycles. The minimum absolute atomic E-state index is 1.23. The molecule has 0 bridgehead atoms. The summed E-state index contributed by atoms with van der Waals surface area (Å²) in [6.07, 6.45) is 0. The lowest BCUT2D eigenvalue weighted by Gasteiger charge is -2.01. The van der Waals surface area contributed by atoms with Gasteiger partial charge in [0.05, 0.1) is 0 Å². The zero-order chi connectivity index (χ0) is 9.97. The van der Waals surface area contributed by atoms with Crippen LogP contribution in [0.1, 0.15) is 11.4 Å². The van der Waals surface area contributed by atoms with E-state index in [9.17, 15) is 0 Å². The van der Waals surface area contributed by atoms with Gasteiger partial charge in [0.1, 0.15) is 0 Å². The summed E-state index contributed by atoms with van der Waals surface area (Å²) in [7, 11) is 0. The molecular formula is C13H14N+. The molecule has 1 heteroatoms. The highest BCUT2D eigenvalue weighted by molar-refractivity contribution is 5.23. The molecule has 0 radical (unpaired) electrons. The van der Waals surface area contributed by atoms with E-state index < -0.39 is 0 Å². The van der Waals surface area contributed by atoms with E-state index in [-0.39, 0.29) is 0 Å². The summed E-state index contributed by atoms with van der Waals surface area (Å²) in [5.41, 5.74) is 3.75. The van der Waals surface area contributed by atoms with Crippen molar-refractivity contribution in [1.29, 1.82) is 0 Å². The van der Waals surface area contributed by atoms with Crippen LogP contribution < -0.4 is 4.57 Å². The molecule has 1 aromatic heterocycles. The third kappa shape index (κ3) is 1.53. The third-order valence-corrected chi connectivity index (χ3v) is 2.39. The second-order valence-electron chi connectivity index (χ2n) is 3.48. The average Bonchev–Trinajstić information content (AvgIpc) is 2.19. The smallest absolute Gasteiger partial charge is 0.162 e. The van der Waals surface area contributed by atoms with E-state index in [0.717, 1.165) is 0 Å². The van der Waals surface area contributed by atoms with E-state index in [1.165, 1.54) is 17.1 Å². The highest BCUT2D eigenvalue weighted by Crippen LogP contribution is 2.03. The van der Waals surface area contributed by atoms with Crippen LogP contribution in [0.25, 0.3) is 5.69 Å². The maximum Gasteiger partial charge on any atom is 0.211 e. The molecule has 1 heterocycles. The van der Waals surface area contributed by atoms with Gasteiger partial charge in [0.2, 0.25) is 5.69 Å². The molecule has 2 aromatic rings. The fourth-order valence-electron chi connectivity index (χ4n) is 1.74. The molecule has 0 aliphatic carbocycles. The second kappa shape index (κ2) is 3.62. The Morgan fingerprint density at radius 2 is 1.29 bits per heavy atom. The van der Waals surface area contributed by atoms with E-state index in [1.54, 1.807) is 0 Å². The van der Waals surface area contributed by atoms with E-state index in [2.05, 4.69) is 60.9 Å². The lowest BCUT2D eigenvalue weighted by molar-refractivity contribution is -0.609. The SMILES string of the molecule is Cc1cccc(C)[n+]1-c1ccccc1. The molecule has 0 unspecified atom stereocenters. The van der Waals surface area contributed by atoms with Crippen molar-refractivity contribution in [3.05, 3.63) is 59.9 Å². The first-order valence-electron chi connectivity index (χ1n) is 4.83. The minimum Gasteiger partial charge on any atom is -0.162 e. The molecular weight excluding hydrogens is 170 g/mol. The average molecular weight is 184 g/mol. The molecule has 0 aliphatic rings. The molecule has 0 amide bonds. The standard InChI is InChI=1S/C13H14N/c1-11-7-6-8-12(2)14(11)13-9-4-3-5-10-13/h3-10H,1-2H3/q+1. The van der Waals surface area contributed by atoms with Gasteiger partial charge in [-0.3, -0.25) is 0 Å². The summed E-state index contributed by atoms with van der Waals surface area (Å²) in [4.78, 5) is 0. The lowest BCUT2D eigenvalue weighted by atomic mass is 10.2. The number of pyridine rings is 1. The molecule has 0 spiro atoms. The van der Waals surface area contributed by atoms with Gasteiger partial charge in [-0.1, -0.05) is 18.2 Å². The molecule has 0 N–H and O–H groups in total. The van der Waals surface area contributed by atoms with Crippen LogP contribution >= 0.6 is 0 Å². The zero-order valence-corrected chi connectivity index (χ0v) is 8.57. The summed E-state index contributed by atoms with van der Waals surface area (Å²) in [5, 5.41) is 0. The number of aromatic nitrogens is 1. The van der Waals surface area contributed by atoms with Crippen LogP contribution in [0.4, 0.5) is 0 Å². The van der Waals surface area contributed by atoms with Crippen LogP contribution in [0, 0.1) is 13.8 Å². The van der Waals surface area contributed by atoms with Gasteiger partial charge in [-0.05, 0) is 6.07 Å². The predicted octanol–water partition coefficient (Wildman–Crippen LogP) is 2.58. The Morgan fingerprint density at radius 1 is 0.714 bits per heavy atom. The van der Waals surface area contributed by atoms with Crippen molar-refractivity contribution in [2.75, 3.05) is 0 Å². The van der Waals surface area contributed by atoms with Crippen molar-refractivity contribution in [2.24, 2.45) is 0 Å². The van der Waals surface area contributed by atoms with Crippen molar-refractivity contribution in [3.63, 3.8) is 0 Å². The largest absolute Gasteiger partial charge is 0.211 e. The molecule has 0 saturated heterocycles. The predicted molar refractivity (Wildman–Crippen MR) is 57.4 cm³/mol. The van der Waals surface area contributed by atoms with Crippen LogP contribution in [0.5, 0.6) is 0 Å². The van der Waals surface area contributed by atoms with Crippen LogP contribution in [0.15, 0.2) is 48.5 Å². The van der Waals surface area contributed by atoms with Gasteiger partial charge in [0.15, 0.2) is 11.4 Å². The molecule has 14 heavy (non-hydrogen) atoms. The van der Waals surface area contributed by atoms with Gasteiger partial charge in [0.25, 0.3) is 0 Å². The number of hydrogen-bond acceptors (Lipinski definition) is 0. The number of para-hydroxylation sites is 1. The Hall–Kier alpha value is -1.63. The first kappa shape index (κ1) is 8.95. The summed E-state index contributed by atoms with van der Waals surface area (Å²) in [5.74, 6) is 0. The topological polar surface area (TPSA) is 3.88 Å². The molecule has 1 aromatic carbocycles. The first-order chi connectivity index (χ1) is 6.79. The fraction of sp³-hybridized carbons (Fsp3) is 0.154. The molecule has 0 saturated carbocycles. The van der Waals surface area contributed by atoms with Crippen LogP contribution in [-0.4, -0.2) is 0 Å². The van der Waals surface area contributed by atoms with Gasteiger partial charge in [-0.25, -0.2) is 0 Å². The van der Waals surface area contributed by atoms with Crippen LogP contribution in [0.2, 0.25) is 0 Å². The Morgan fingerprint density at radius 3 is 1.86 bits per heavy atom. The Kier molecular flexibility index (Phi) is 2.32. The lowest BCUT2D eigenvalue weighted by Crippen LogP contribution is -2.37. The molecule has 0 atom stereocenters. The normalized spacial score (nSPS) is 10.1. The Labute approximate surface area is 84.6 Å². The Bertz CT molecular complexity index is 412. The zero-order valence-electron chi connectivity index (χ0n) is 8.57. The van der Waals surface area contributed by atoms with Gasteiger partial charge in [-0.2, -0.15) is 4.57 Å². The first-order valence-corrected chi connectivity index (χ1v) is 4.83. The van der Waals surface area contributed by atoms with E-state index >= 15 is 0 Å². The maximum absolute atomic E-state index is 2.25. The van der Waals surface area contributed by atoms with E-state index in [4.69, 9.17) is 0 Å². The Balaban J connectivity index is 2.63. The van der Waals surface area contributed by atoms with E-state index in [0.29, 0.717) is 0 Å². The molecule has 70 valence electrons. The highest BCUT2D eigenvalue weighted by atomic mass is 15.0. The summed E-state index contributed by atoms with van der Waals surface area (Å²) >= 11 is 0. The number of benzene rings is 1. The monoisotopic (exact) mass is 184 g/mol. The van der Waals surface area contributed by atoms with Gasteiger partial charge in [0, 0.05) is 38.1 Å². The van der Waals surface area contributed by atoms with Crippen LogP contribution in [0.3, 0.4) is 0 Å². The summed E-state index contributed by atoms with van der Waals surface area (Å²) in [6, 6.07) is 16.8. The number of hydrogen-bond donors (Lipinski definition) is 0. The second-order valence-corrected chi connectivity index (χ2v) is 3.48. The number of rotatable bonds is 1. The van der Waals surface area contributed by atoms with Crippen molar-refractivity contribution in [2.45, 2.75) is 13.8 Å². The van der Waals surface area contributed by atoms with Crippen molar-refractivity contribution in [3.8, 4) is 5.69 Å². The molecule has 2 rings (SSSR count). The van der Waals surface area contributed by atoms with E-state index in [1.807, 2.05) is 6.07 Å². The number of aryl methyl sites for hydroxylation is 2. The van der Waals surface area contributed by atoms with Crippen molar-refractivity contribution < 1.29 is 4.57 Å². The third-order valence-electron chi connectivity index (χ3n) is 2.39. The quantitative estimate of drug-likeness (QED) is 0.600. The van der Waals surface area contributed by atoms with Gasteiger partial charge < -0.3 is 0 Å². The van der Waals surface area contributed by atoms with Crippen LogP contribution in [-0.2, 0) is 0 Å². The minimum atomic E-state index is 1.23. The maximum atomic E-state index is 2.25. The fourth-order valence-corrected chi connectivity index (χ4v) is 1.74. The number of nitrogens with zero attached hydrogens (tertiary/aromatic N) is 1.